The highest BCUT2D eigenvalue weighted by atomic mass is 16.6. The highest BCUT2D eigenvalue weighted by Crippen LogP contribution is 2.57. The minimum absolute atomic E-state index is 0.0487. The van der Waals surface area contributed by atoms with Gasteiger partial charge in [-0.25, -0.2) is 4.79 Å². The highest BCUT2D eigenvalue weighted by molar-refractivity contribution is 5.95. The van der Waals surface area contributed by atoms with Crippen molar-refractivity contribution < 1.29 is 33.4 Å². The van der Waals surface area contributed by atoms with E-state index in [1.807, 2.05) is 0 Å². The standard InChI is InChI=1S/C20H21NO7/c1-2-26-18(23)10-3-5-12(6-4-10)21-15(22)9-27-19(24)16-11-7-13-14(8-11)28-20(25)17(13)16/h3-6,11,13-14,16-17H,2,7-9H2,1H3,(H,21,22)/t11-,13+,14+,16-,17+/m1/s1. The molecule has 1 aromatic rings. The molecular formula is C20H21NO7. The zero-order valence-electron chi connectivity index (χ0n) is 15.4. The van der Waals surface area contributed by atoms with E-state index < -0.39 is 36.3 Å². The molecule has 2 saturated carbocycles. The van der Waals surface area contributed by atoms with Crippen LogP contribution in [0.3, 0.4) is 0 Å². The number of hydrogen-bond acceptors (Lipinski definition) is 7. The lowest BCUT2D eigenvalue weighted by molar-refractivity contribution is -0.157. The molecule has 2 aliphatic carbocycles. The number of esters is 3. The first-order valence-electron chi connectivity index (χ1n) is 9.42. The van der Waals surface area contributed by atoms with Gasteiger partial charge in [-0.1, -0.05) is 0 Å². The van der Waals surface area contributed by atoms with E-state index in [9.17, 15) is 19.2 Å². The lowest BCUT2D eigenvalue weighted by atomic mass is 9.80. The van der Waals surface area contributed by atoms with Gasteiger partial charge in [-0.15, -0.1) is 0 Å². The number of carbonyl (C=O) groups excluding carboxylic acids is 4. The maximum Gasteiger partial charge on any atom is 0.338 e. The topological polar surface area (TPSA) is 108 Å². The number of hydrogen-bond donors (Lipinski definition) is 1. The van der Waals surface area contributed by atoms with Gasteiger partial charge in [0.15, 0.2) is 6.61 Å². The van der Waals surface area contributed by atoms with E-state index in [1.54, 1.807) is 19.1 Å². The van der Waals surface area contributed by atoms with E-state index in [1.165, 1.54) is 12.1 Å². The van der Waals surface area contributed by atoms with Crippen molar-refractivity contribution >= 4 is 29.5 Å². The van der Waals surface area contributed by atoms with Crippen LogP contribution < -0.4 is 5.32 Å². The maximum absolute atomic E-state index is 12.4. The summed E-state index contributed by atoms with van der Waals surface area (Å²) in [6.45, 7) is 1.57. The monoisotopic (exact) mass is 387 g/mol. The maximum atomic E-state index is 12.4. The molecule has 0 spiro atoms. The van der Waals surface area contributed by atoms with Gasteiger partial charge in [0.25, 0.3) is 5.91 Å². The summed E-state index contributed by atoms with van der Waals surface area (Å²) in [5.74, 6) is -2.48. The second kappa shape index (κ2) is 7.26. The fourth-order valence-electron chi connectivity index (χ4n) is 4.66. The molecule has 28 heavy (non-hydrogen) atoms. The third-order valence-corrected chi connectivity index (χ3v) is 5.78. The molecule has 1 amide bonds. The molecule has 148 valence electrons. The Morgan fingerprint density at radius 1 is 1.14 bits per heavy atom. The molecule has 1 saturated heterocycles. The number of rotatable bonds is 6. The molecule has 1 N–H and O–H groups in total. The van der Waals surface area contributed by atoms with Crippen molar-refractivity contribution in [2.75, 3.05) is 18.5 Å². The van der Waals surface area contributed by atoms with Gasteiger partial charge in [-0.05, 0) is 49.9 Å². The van der Waals surface area contributed by atoms with Crippen LogP contribution >= 0.6 is 0 Å². The molecule has 0 aromatic heterocycles. The van der Waals surface area contributed by atoms with Crippen molar-refractivity contribution in [3.63, 3.8) is 0 Å². The van der Waals surface area contributed by atoms with Crippen LogP contribution in [0.2, 0.25) is 0 Å². The average Bonchev–Trinajstić information content (AvgIpc) is 3.29. The Labute approximate surface area is 161 Å². The third kappa shape index (κ3) is 3.23. The van der Waals surface area contributed by atoms with Crippen LogP contribution in [0.25, 0.3) is 0 Å². The molecule has 2 bridgehead atoms. The van der Waals surface area contributed by atoms with Crippen LogP contribution in [0.15, 0.2) is 24.3 Å². The number of fused-ring (bicyclic) bond motifs is 1. The molecule has 5 atom stereocenters. The highest BCUT2D eigenvalue weighted by Gasteiger charge is 2.64. The first-order chi connectivity index (χ1) is 13.5. The number of benzene rings is 1. The van der Waals surface area contributed by atoms with Crippen LogP contribution in [0, 0.1) is 23.7 Å². The first kappa shape index (κ1) is 18.5. The SMILES string of the molecule is CCOC(=O)c1ccc(NC(=O)COC(=O)[C@@H]2[C@@H]3C[C@@H]4[C@@H]2C(=O)O[C@H]4C3)cc1. The Kier molecular flexibility index (Phi) is 4.78. The molecule has 4 rings (SSSR count). The van der Waals surface area contributed by atoms with E-state index in [-0.39, 0.29) is 30.5 Å². The number of nitrogens with one attached hydrogen (secondary N) is 1. The molecule has 0 unspecified atom stereocenters. The zero-order chi connectivity index (χ0) is 19.8. The average molecular weight is 387 g/mol. The lowest BCUT2D eigenvalue weighted by Crippen LogP contribution is -2.34. The molecule has 8 nitrogen and oxygen atoms in total. The molecule has 1 aliphatic heterocycles. The molecule has 1 aromatic carbocycles. The normalized spacial score (nSPS) is 29.3. The number of amides is 1. The smallest absolute Gasteiger partial charge is 0.338 e. The lowest BCUT2D eigenvalue weighted by Gasteiger charge is -2.22. The fraction of sp³-hybridized carbons (Fsp3) is 0.500. The van der Waals surface area contributed by atoms with Crippen LogP contribution in [-0.2, 0) is 28.6 Å². The summed E-state index contributed by atoms with van der Waals surface area (Å²) in [5.41, 5.74) is 0.848. The van der Waals surface area contributed by atoms with E-state index in [4.69, 9.17) is 14.2 Å². The zero-order valence-corrected chi connectivity index (χ0v) is 15.4. The predicted molar refractivity (Wildman–Crippen MR) is 95.1 cm³/mol. The van der Waals surface area contributed by atoms with Gasteiger partial charge in [0.05, 0.1) is 24.0 Å². The number of ether oxygens (including phenoxy) is 3. The largest absolute Gasteiger partial charge is 0.462 e. The van der Waals surface area contributed by atoms with Crippen molar-refractivity contribution in [3.8, 4) is 0 Å². The van der Waals surface area contributed by atoms with Gasteiger partial charge in [0.2, 0.25) is 0 Å². The Morgan fingerprint density at radius 3 is 2.61 bits per heavy atom. The predicted octanol–water partition coefficient (Wildman–Crippen LogP) is 1.54. The summed E-state index contributed by atoms with van der Waals surface area (Å²) in [6, 6.07) is 6.21. The Balaban J connectivity index is 1.28. The van der Waals surface area contributed by atoms with E-state index in [0.717, 1.165) is 6.42 Å². The minimum atomic E-state index is -0.511. The molecule has 3 fully saturated rings. The van der Waals surface area contributed by atoms with Crippen molar-refractivity contribution in [2.45, 2.75) is 25.9 Å². The summed E-state index contributed by atoms with van der Waals surface area (Å²) in [4.78, 5) is 48.1. The molecule has 1 heterocycles. The summed E-state index contributed by atoms with van der Waals surface area (Å²) < 4.78 is 15.4. The second-order valence-electron chi connectivity index (χ2n) is 7.38. The molecule has 3 aliphatic rings. The minimum Gasteiger partial charge on any atom is -0.462 e. The van der Waals surface area contributed by atoms with E-state index >= 15 is 0 Å². The quantitative estimate of drug-likeness (QED) is 0.583. The van der Waals surface area contributed by atoms with Crippen LogP contribution in [0.4, 0.5) is 5.69 Å². The van der Waals surface area contributed by atoms with Gasteiger partial charge in [0.1, 0.15) is 6.10 Å². The van der Waals surface area contributed by atoms with Gasteiger partial charge >= 0.3 is 17.9 Å². The summed E-state index contributed by atoms with van der Waals surface area (Å²) in [6.07, 6.45) is 1.46. The molecule has 8 heteroatoms. The van der Waals surface area contributed by atoms with Crippen molar-refractivity contribution in [1.29, 1.82) is 0 Å². The fourth-order valence-corrected chi connectivity index (χ4v) is 4.66. The Morgan fingerprint density at radius 2 is 1.89 bits per heavy atom. The van der Waals surface area contributed by atoms with Gasteiger partial charge in [-0.3, -0.25) is 14.4 Å². The van der Waals surface area contributed by atoms with Crippen LogP contribution in [0.5, 0.6) is 0 Å². The van der Waals surface area contributed by atoms with Gasteiger partial charge in [0, 0.05) is 11.6 Å². The summed E-state index contributed by atoms with van der Waals surface area (Å²) >= 11 is 0. The van der Waals surface area contributed by atoms with Crippen molar-refractivity contribution in [1.82, 2.24) is 0 Å². The molecular weight excluding hydrogens is 366 g/mol. The van der Waals surface area contributed by atoms with Gasteiger partial charge < -0.3 is 19.5 Å². The first-order valence-corrected chi connectivity index (χ1v) is 9.42. The van der Waals surface area contributed by atoms with Crippen molar-refractivity contribution in [2.24, 2.45) is 23.7 Å². The summed E-state index contributed by atoms with van der Waals surface area (Å²) in [5, 5.41) is 2.60. The number of anilines is 1. The molecule has 0 radical (unpaired) electrons. The van der Waals surface area contributed by atoms with Crippen LogP contribution in [-0.4, -0.2) is 43.1 Å². The Bertz CT molecular complexity index is 816. The third-order valence-electron chi connectivity index (χ3n) is 5.78. The second-order valence-corrected chi connectivity index (χ2v) is 7.38. The Hall–Kier alpha value is -2.90. The van der Waals surface area contributed by atoms with Crippen LogP contribution in [0.1, 0.15) is 30.1 Å². The van der Waals surface area contributed by atoms with E-state index in [2.05, 4.69) is 5.32 Å². The van der Waals surface area contributed by atoms with Gasteiger partial charge in [-0.2, -0.15) is 0 Å². The van der Waals surface area contributed by atoms with Crippen molar-refractivity contribution in [3.05, 3.63) is 29.8 Å². The number of carbonyl (C=O) groups is 4. The summed E-state index contributed by atoms with van der Waals surface area (Å²) in [7, 11) is 0. The van der Waals surface area contributed by atoms with E-state index in [0.29, 0.717) is 17.7 Å².